The summed E-state index contributed by atoms with van der Waals surface area (Å²) in [5.41, 5.74) is 0.489. The molecule has 0 aromatic heterocycles. The zero-order valence-corrected chi connectivity index (χ0v) is 12.4. The molecule has 0 aliphatic carbocycles. The van der Waals surface area contributed by atoms with Crippen molar-refractivity contribution < 1.29 is 23.8 Å². The quantitative estimate of drug-likeness (QED) is 0.658. The van der Waals surface area contributed by atoms with Crippen LogP contribution in [-0.2, 0) is 9.53 Å². The lowest BCUT2D eigenvalue weighted by molar-refractivity contribution is -0.113. The Morgan fingerprint density at radius 1 is 1.16 bits per heavy atom. The standard InChI is InChI=1S/C12H14BrNO5/c1-17-9-4-7(12(16)19-3)8(5-10(9)18-2)14-11(15)6-13/h4-5H,6H2,1-3H3,(H,14,15). The van der Waals surface area contributed by atoms with Crippen LogP contribution in [0.5, 0.6) is 11.5 Å². The van der Waals surface area contributed by atoms with Gasteiger partial charge in [0.05, 0.1) is 37.9 Å². The minimum atomic E-state index is -0.578. The van der Waals surface area contributed by atoms with E-state index in [0.29, 0.717) is 17.2 Å². The van der Waals surface area contributed by atoms with Crippen LogP contribution in [0.15, 0.2) is 12.1 Å². The maximum absolute atomic E-state index is 11.7. The monoisotopic (exact) mass is 331 g/mol. The number of carbonyl (C=O) groups excluding carboxylic acids is 2. The first-order valence-electron chi connectivity index (χ1n) is 5.27. The smallest absolute Gasteiger partial charge is 0.340 e. The van der Waals surface area contributed by atoms with Crippen LogP contribution in [0.25, 0.3) is 0 Å². The van der Waals surface area contributed by atoms with Gasteiger partial charge in [0.1, 0.15) is 0 Å². The lowest BCUT2D eigenvalue weighted by Crippen LogP contribution is -2.16. The molecule has 0 fully saturated rings. The zero-order chi connectivity index (χ0) is 14.4. The van der Waals surface area contributed by atoms with Crippen LogP contribution in [-0.4, -0.2) is 38.5 Å². The highest BCUT2D eigenvalue weighted by molar-refractivity contribution is 9.09. The molecule has 0 radical (unpaired) electrons. The molecule has 0 spiro atoms. The number of halogens is 1. The Kier molecular flexibility index (Phi) is 5.62. The second-order valence-corrected chi connectivity index (χ2v) is 3.99. The summed E-state index contributed by atoms with van der Waals surface area (Å²) >= 11 is 3.03. The molecule has 0 aliphatic heterocycles. The lowest BCUT2D eigenvalue weighted by Gasteiger charge is -2.14. The van der Waals surface area contributed by atoms with E-state index in [1.807, 2.05) is 0 Å². The highest BCUT2D eigenvalue weighted by Gasteiger charge is 2.18. The van der Waals surface area contributed by atoms with Crippen LogP contribution >= 0.6 is 15.9 Å². The summed E-state index contributed by atoms with van der Waals surface area (Å²) in [5.74, 6) is -0.0945. The molecular weight excluding hydrogens is 318 g/mol. The van der Waals surface area contributed by atoms with Gasteiger partial charge < -0.3 is 19.5 Å². The molecule has 0 unspecified atom stereocenters. The Morgan fingerprint density at radius 3 is 2.21 bits per heavy atom. The van der Waals surface area contributed by atoms with E-state index >= 15 is 0 Å². The maximum atomic E-state index is 11.7. The zero-order valence-electron chi connectivity index (χ0n) is 10.8. The second-order valence-electron chi connectivity index (χ2n) is 3.43. The Labute approximate surface area is 119 Å². The Morgan fingerprint density at radius 2 is 1.74 bits per heavy atom. The molecule has 104 valence electrons. The summed E-state index contributed by atoms with van der Waals surface area (Å²) in [6, 6.07) is 2.96. The molecule has 0 heterocycles. The van der Waals surface area contributed by atoms with Gasteiger partial charge in [-0.05, 0) is 0 Å². The summed E-state index contributed by atoms with van der Waals surface area (Å²) < 4.78 is 14.9. The summed E-state index contributed by atoms with van der Waals surface area (Å²) in [5, 5.41) is 2.69. The molecule has 1 rings (SSSR count). The fraction of sp³-hybridized carbons (Fsp3) is 0.333. The average molecular weight is 332 g/mol. The summed E-state index contributed by atoms with van der Waals surface area (Å²) in [6.45, 7) is 0. The van der Waals surface area contributed by atoms with Crippen LogP contribution in [0.1, 0.15) is 10.4 Å². The first-order valence-corrected chi connectivity index (χ1v) is 6.39. The van der Waals surface area contributed by atoms with Gasteiger partial charge in [-0.2, -0.15) is 0 Å². The number of anilines is 1. The number of alkyl halides is 1. The van der Waals surface area contributed by atoms with Gasteiger partial charge in [-0.3, -0.25) is 4.79 Å². The van der Waals surface area contributed by atoms with Crippen molar-refractivity contribution in [3.63, 3.8) is 0 Å². The van der Waals surface area contributed by atoms with Gasteiger partial charge in [-0.1, -0.05) is 15.9 Å². The number of esters is 1. The Balaban J connectivity index is 3.31. The summed E-state index contributed by atoms with van der Waals surface area (Å²) in [7, 11) is 4.18. The van der Waals surface area contributed by atoms with E-state index in [4.69, 9.17) is 9.47 Å². The highest BCUT2D eigenvalue weighted by atomic mass is 79.9. The number of ether oxygens (including phenoxy) is 3. The molecule has 0 atom stereocenters. The molecule has 1 aromatic carbocycles. The van der Waals surface area contributed by atoms with E-state index in [9.17, 15) is 9.59 Å². The molecule has 0 saturated carbocycles. The van der Waals surface area contributed by atoms with Crippen molar-refractivity contribution in [2.45, 2.75) is 0 Å². The van der Waals surface area contributed by atoms with E-state index in [0.717, 1.165) is 0 Å². The van der Waals surface area contributed by atoms with Crippen LogP contribution in [0.3, 0.4) is 0 Å². The molecule has 0 bridgehead atoms. The number of nitrogens with one attached hydrogen (secondary N) is 1. The number of benzene rings is 1. The second kappa shape index (κ2) is 6.98. The van der Waals surface area contributed by atoms with Crippen molar-refractivity contribution in [1.29, 1.82) is 0 Å². The first-order chi connectivity index (χ1) is 9.07. The van der Waals surface area contributed by atoms with Crippen molar-refractivity contribution in [1.82, 2.24) is 0 Å². The minimum absolute atomic E-state index is 0.113. The Hall–Kier alpha value is -1.76. The predicted octanol–water partition coefficient (Wildman–Crippen LogP) is 1.82. The van der Waals surface area contributed by atoms with Gasteiger partial charge in [-0.25, -0.2) is 4.79 Å². The van der Waals surface area contributed by atoms with Crippen LogP contribution in [0.4, 0.5) is 5.69 Å². The van der Waals surface area contributed by atoms with E-state index in [2.05, 4.69) is 26.0 Å². The molecule has 7 heteroatoms. The number of hydrogen-bond acceptors (Lipinski definition) is 5. The normalized spacial score (nSPS) is 9.68. The third kappa shape index (κ3) is 3.60. The molecule has 0 saturated heterocycles. The molecule has 1 amide bonds. The molecule has 1 N–H and O–H groups in total. The predicted molar refractivity (Wildman–Crippen MR) is 73.3 cm³/mol. The number of carbonyl (C=O) groups is 2. The minimum Gasteiger partial charge on any atom is -0.493 e. The van der Waals surface area contributed by atoms with Crippen LogP contribution in [0.2, 0.25) is 0 Å². The topological polar surface area (TPSA) is 73.9 Å². The first kappa shape index (κ1) is 15.3. The van der Waals surface area contributed by atoms with Gasteiger partial charge in [0.15, 0.2) is 11.5 Å². The summed E-state index contributed by atoms with van der Waals surface area (Å²) in [4.78, 5) is 23.1. The van der Waals surface area contributed by atoms with E-state index in [-0.39, 0.29) is 16.8 Å². The van der Waals surface area contributed by atoms with Crippen molar-refractivity contribution in [3.05, 3.63) is 17.7 Å². The maximum Gasteiger partial charge on any atom is 0.340 e. The fourth-order valence-electron chi connectivity index (χ4n) is 1.44. The van der Waals surface area contributed by atoms with Gasteiger partial charge in [0.2, 0.25) is 5.91 Å². The lowest BCUT2D eigenvalue weighted by atomic mass is 10.1. The highest BCUT2D eigenvalue weighted by Crippen LogP contribution is 2.33. The molecule has 1 aromatic rings. The van der Waals surface area contributed by atoms with Gasteiger partial charge in [0, 0.05) is 12.1 Å². The number of hydrogen-bond donors (Lipinski definition) is 1. The molecule has 6 nitrogen and oxygen atoms in total. The number of rotatable bonds is 5. The van der Waals surface area contributed by atoms with Crippen molar-refractivity contribution in [2.24, 2.45) is 0 Å². The molecular formula is C12H14BrNO5. The Bertz CT molecular complexity index is 489. The van der Waals surface area contributed by atoms with Gasteiger partial charge in [0.25, 0.3) is 0 Å². The van der Waals surface area contributed by atoms with E-state index in [1.165, 1.54) is 33.5 Å². The number of methoxy groups -OCH3 is 3. The van der Waals surface area contributed by atoms with Gasteiger partial charge >= 0.3 is 5.97 Å². The van der Waals surface area contributed by atoms with Crippen LogP contribution < -0.4 is 14.8 Å². The van der Waals surface area contributed by atoms with E-state index < -0.39 is 5.97 Å². The summed E-state index contributed by atoms with van der Waals surface area (Å²) in [6.07, 6.45) is 0. The third-order valence-corrected chi connectivity index (χ3v) is 2.83. The third-order valence-electron chi connectivity index (χ3n) is 2.32. The number of amides is 1. The average Bonchev–Trinajstić information content (AvgIpc) is 2.45. The molecule has 19 heavy (non-hydrogen) atoms. The van der Waals surface area contributed by atoms with Crippen LogP contribution in [0, 0.1) is 0 Å². The van der Waals surface area contributed by atoms with Crippen molar-refractivity contribution >= 4 is 33.5 Å². The van der Waals surface area contributed by atoms with Crippen molar-refractivity contribution in [2.75, 3.05) is 32.0 Å². The van der Waals surface area contributed by atoms with Crippen molar-refractivity contribution in [3.8, 4) is 11.5 Å². The van der Waals surface area contributed by atoms with Gasteiger partial charge in [-0.15, -0.1) is 0 Å². The largest absolute Gasteiger partial charge is 0.493 e. The SMILES string of the molecule is COC(=O)c1cc(OC)c(OC)cc1NC(=O)CBr. The fourth-order valence-corrected chi connectivity index (χ4v) is 1.59. The molecule has 0 aliphatic rings. The van der Waals surface area contributed by atoms with E-state index in [1.54, 1.807) is 0 Å².